The highest BCUT2D eigenvalue weighted by atomic mass is 16.4. The molecule has 3 atom stereocenters. The van der Waals surface area contributed by atoms with Crippen molar-refractivity contribution in [3.63, 3.8) is 0 Å². The highest BCUT2D eigenvalue weighted by Gasteiger charge is 2.47. The standard InChI is InChI=1S/C19H25NO3/c1-12-6-5-7-13(2)15(12)11-18(21)20-16-9-4-3-8-14(16)10-17(20)19(22)23/h5-7,14,16-17H,3-4,8-11H2,1-2H3,(H,22,23). The number of hydrogen-bond donors (Lipinski definition) is 1. The zero-order valence-corrected chi connectivity index (χ0v) is 13.9. The fraction of sp³-hybridized carbons (Fsp3) is 0.579. The Morgan fingerprint density at radius 3 is 2.48 bits per heavy atom. The number of likely N-dealkylation sites (tertiary alicyclic amines) is 1. The molecule has 3 rings (SSSR count). The smallest absolute Gasteiger partial charge is 0.326 e. The summed E-state index contributed by atoms with van der Waals surface area (Å²) in [5, 5.41) is 9.56. The molecule has 1 aliphatic carbocycles. The minimum atomic E-state index is -0.853. The van der Waals surface area contributed by atoms with Crippen molar-refractivity contribution in [1.82, 2.24) is 4.90 Å². The number of benzene rings is 1. The first-order valence-corrected chi connectivity index (χ1v) is 8.58. The summed E-state index contributed by atoms with van der Waals surface area (Å²) in [6.07, 6.45) is 5.20. The van der Waals surface area contributed by atoms with E-state index in [2.05, 4.69) is 0 Å². The molecule has 1 heterocycles. The van der Waals surface area contributed by atoms with Crippen LogP contribution in [0.1, 0.15) is 48.8 Å². The van der Waals surface area contributed by atoms with Crippen LogP contribution in [0.4, 0.5) is 0 Å². The third kappa shape index (κ3) is 2.99. The Kier molecular flexibility index (Phi) is 4.42. The van der Waals surface area contributed by atoms with E-state index in [0.29, 0.717) is 18.8 Å². The fourth-order valence-electron chi connectivity index (χ4n) is 4.41. The Morgan fingerprint density at radius 2 is 1.83 bits per heavy atom. The number of nitrogens with zero attached hydrogens (tertiary/aromatic N) is 1. The Morgan fingerprint density at radius 1 is 1.17 bits per heavy atom. The third-order valence-corrected chi connectivity index (χ3v) is 5.63. The molecular formula is C19H25NO3. The normalized spacial score (nSPS) is 26.9. The Balaban J connectivity index is 1.85. The molecular weight excluding hydrogens is 290 g/mol. The lowest BCUT2D eigenvalue weighted by atomic mass is 9.84. The van der Waals surface area contributed by atoms with Gasteiger partial charge in [0.15, 0.2) is 0 Å². The van der Waals surface area contributed by atoms with Gasteiger partial charge in [0.25, 0.3) is 0 Å². The van der Waals surface area contributed by atoms with Crippen LogP contribution in [-0.2, 0) is 16.0 Å². The second-order valence-corrected chi connectivity index (χ2v) is 7.05. The van der Waals surface area contributed by atoms with E-state index in [1.165, 1.54) is 0 Å². The van der Waals surface area contributed by atoms with Crippen LogP contribution in [0.5, 0.6) is 0 Å². The highest BCUT2D eigenvalue weighted by molar-refractivity contribution is 5.86. The summed E-state index contributed by atoms with van der Waals surface area (Å²) in [6.45, 7) is 4.02. The summed E-state index contributed by atoms with van der Waals surface area (Å²) in [5.74, 6) is -0.509. The van der Waals surface area contributed by atoms with Crippen LogP contribution in [0.2, 0.25) is 0 Å². The van der Waals surface area contributed by atoms with E-state index in [1.807, 2.05) is 32.0 Å². The molecule has 1 saturated heterocycles. The fourth-order valence-corrected chi connectivity index (χ4v) is 4.41. The second-order valence-electron chi connectivity index (χ2n) is 7.05. The molecule has 1 aromatic rings. The summed E-state index contributed by atoms with van der Waals surface area (Å²) in [4.78, 5) is 26.3. The van der Waals surface area contributed by atoms with E-state index < -0.39 is 12.0 Å². The number of carbonyl (C=O) groups excluding carboxylic acids is 1. The van der Waals surface area contributed by atoms with E-state index in [0.717, 1.165) is 42.4 Å². The Bertz CT molecular complexity index is 605. The first kappa shape index (κ1) is 16.0. The van der Waals surface area contributed by atoms with Gasteiger partial charge in [0.05, 0.1) is 6.42 Å². The number of hydrogen-bond acceptors (Lipinski definition) is 2. The SMILES string of the molecule is Cc1cccc(C)c1CC(=O)N1C(C(=O)O)CC2CCCCC21. The molecule has 1 aromatic carbocycles. The van der Waals surface area contributed by atoms with Crippen LogP contribution < -0.4 is 0 Å². The predicted molar refractivity (Wildman–Crippen MR) is 88.3 cm³/mol. The maximum atomic E-state index is 13.0. The number of amides is 1. The van der Waals surface area contributed by atoms with Crippen LogP contribution >= 0.6 is 0 Å². The van der Waals surface area contributed by atoms with Gasteiger partial charge in [0.1, 0.15) is 6.04 Å². The lowest BCUT2D eigenvalue weighted by molar-refractivity contribution is -0.149. The molecule has 0 radical (unpaired) electrons. The van der Waals surface area contributed by atoms with Crippen molar-refractivity contribution in [2.75, 3.05) is 0 Å². The van der Waals surface area contributed by atoms with E-state index in [1.54, 1.807) is 4.90 Å². The molecule has 0 bridgehead atoms. The average Bonchev–Trinajstić information content (AvgIpc) is 2.91. The number of carboxylic acid groups (broad SMARTS) is 1. The Hall–Kier alpha value is -1.84. The van der Waals surface area contributed by atoms with Gasteiger partial charge in [-0.2, -0.15) is 0 Å². The number of carboxylic acids is 1. The molecule has 4 nitrogen and oxygen atoms in total. The van der Waals surface area contributed by atoms with E-state index in [-0.39, 0.29) is 11.9 Å². The van der Waals surface area contributed by atoms with Crippen molar-refractivity contribution < 1.29 is 14.7 Å². The lowest BCUT2D eigenvalue weighted by Gasteiger charge is -2.33. The minimum absolute atomic E-state index is 0.0239. The monoisotopic (exact) mass is 315 g/mol. The van der Waals surface area contributed by atoms with Crippen molar-refractivity contribution >= 4 is 11.9 Å². The van der Waals surface area contributed by atoms with Gasteiger partial charge in [-0.15, -0.1) is 0 Å². The maximum absolute atomic E-state index is 13.0. The predicted octanol–water partition coefficient (Wildman–Crippen LogP) is 3.09. The molecule has 4 heteroatoms. The van der Waals surface area contributed by atoms with E-state index in [9.17, 15) is 14.7 Å². The largest absolute Gasteiger partial charge is 0.480 e. The van der Waals surface area contributed by atoms with Crippen molar-refractivity contribution in [3.8, 4) is 0 Å². The van der Waals surface area contributed by atoms with Gasteiger partial charge in [0, 0.05) is 6.04 Å². The van der Waals surface area contributed by atoms with Gasteiger partial charge in [-0.25, -0.2) is 4.79 Å². The minimum Gasteiger partial charge on any atom is -0.480 e. The number of aryl methyl sites for hydroxylation is 2. The number of fused-ring (bicyclic) bond motifs is 1. The molecule has 2 aliphatic rings. The van der Waals surface area contributed by atoms with Crippen LogP contribution in [0.3, 0.4) is 0 Å². The molecule has 2 fully saturated rings. The topological polar surface area (TPSA) is 57.6 Å². The first-order valence-electron chi connectivity index (χ1n) is 8.58. The molecule has 1 N–H and O–H groups in total. The summed E-state index contributed by atoms with van der Waals surface area (Å²) >= 11 is 0. The number of aliphatic carboxylic acids is 1. The summed E-state index contributed by atoms with van der Waals surface area (Å²) in [5.41, 5.74) is 3.25. The van der Waals surface area contributed by atoms with Gasteiger partial charge in [-0.3, -0.25) is 4.79 Å². The van der Waals surface area contributed by atoms with Crippen LogP contribution in [0.25, 0.3) is 0 Å². The zero-order valence-electron chi connectivity index (χ0n) is 13.9. The third-order valence-electron chi connectivity index (χ3n) is 5.63. The van der Waals surface area contributed by atoms with Crippen molar-refractivity contribution in [1.29, 1.82) is 0 Å². The second kappa shape index (κ2) is 6.34. The van der Waals surface area contributed by atoms with Crippen molar-refractivity contribution in [2.45, 2.75) is 64.5 Å². The maximum Gasteiger partial charge on any atom is 0.326 e. The van der Waals surface area contributed by atoms with E-state index >= 15 is 0 Å². The molecule has 23 heavy (non-hydrogen) atoms. The van der Waals surface area contributed by atoms with Gasteiger partial charge >= 0.3 is 5.97 Å². The first-order chi connectivity index (χ1) is 11.0. The summed E-state index contributed by atoms with van der Waals surface area (Å²) in [6, 6.07) is 5.50. The summed E-state index contributed by atoms with van der Waals surface area (Å²) < 4.78 is 0. The van der Waals surface area contributed by atoms with E-state index in [4.69, 9.17) is 0 Å². The highest BCUT2D eigenvalue weighted by Crippen LogP contribution is 2.40. The van der Waals surface area contributed by atoms with Crippen LogP contribution in [0, 0.1) is 19.8 Å². The summed E-state index contributed by atoms with van der Waals surface area (Å²) in [7, 11) is 0. The van der Waals surface area contributed by atoms with Crippen molar-refractivity contribution in [3.05, 3.63) is 34.9 Å². The molecule has 3 unspecified atom stereocenters. The van der Waals surface area contributed by atoms with Crippen LogP contribution in [0.15, 0.2) is 18.2 Å². The molecule has 1 saturated carbocycles. The van der Waals surface area contributed by atoms with Gasteiger partial charge < -0.3 is 10.0 Å². The van der Waals surface area contributed by atoms with Crippen LogP contribution in [-0.4, -0.2) is 34.0 Å². The quantitative estimate of drug-likeness (QED) is 0.932. The zero-order chi connectivity index (χ0) is 16.6. The average molecular weight is 315 g/mol. The molecule has 124 valence electrons. The molecule has 1 amide bonds. The Labute approximate surface area is 137 Å². The lowest BCUT2D eigenvalue weighted by Crippen LogP contribution is -2.47. The van der Waals surface area contributed by atoms with Gasteiger partial charge in [-0.05, 0) is 55.7 Å². The van der Waals surface area contributed by atoms with Crippen molar-refractivity contribution in [2.24, 2.45) is 5.92 Å². The number of carbonyl (C=O) groups is 2. The van der Waals surface area contributed by atoms with Gasteiger partial charge in [0.2, 0.25) is 5.91 Å². The van der Waals surface area contributed by atoms with Gasteiger partial charge in [-0.1, -0.05) is 31.0 Å². The number of rotatable bonds is 3. The molecule has 0 spiro atoms. The molecule has 0 aromatic heterocycles. The molecule has 1 aliphatic heterocycles.